The van der Waals surface area contributed by atoms with Crippen molar-refractivity contribution >= 4 is 21.5 Å². The van der Waals surface area contributed by atoms with Crippen LogP contribution in [0.5, 0.6) is 0 Å². The zero-order valence-corrected chi connectivity index (χ0v) is 34.6. The molecule has 2 aliphatic rings. The molecule has 0 radical (unpaired) electrons. The van der Waals surface area contributed by atoms with Gasteiger partial charge in [0.25, 0.3) is 0 Å². The molecule has 10 rings (SSSR count). The van der Waals surface area contributed by atoms with Crippen LogP contribution >= 0.6 is 0 Å². The van der Waals surface area contributed by atoms with Crippen LogP contribution in [0.4, 0.5) is 0 Å². The minimum absolute atomic E-state index is 0. The smallest absolute Gasteiger partial charge is 1.00 e. The summed E-state index contributed by atoms with van der Waals surface area (Å²) in [6.45, 7) is 4.28. The summed E-state index contributed by atoms with van der Waals surface area (Å²) >= 11 is 0. The van der Waals surface area contributed by atoms with Crippen LogP contribution in [-0.4, -0.2) is 0 Å². The molecule has 0 N–H and O–H groups in total. The fraction of sp³-hybridized carbons (Fsp3) is 0.0870. The van der Waals surface area contributed by atoms with Gasteiger partial charge >= 0.3 is 52.4 Å². The molecule has 0 nitrogen and oxygen atoms in total. The maximum Gasteiger partial charge on any atom is 2.00 e. The summed E-state index contributed by atoms with van der Waals surface area (Å²) in [5.41, 5.74) is 13.8. The SMILES string of the molecule is Cc1c[cH-]c2ccccc12.Cc1c[cH-]c2ccccc12.[Cl-].[Cl-].[Zr+2].[Zr+2].[c-]1cccc2c1Cc1ccccc1-2.[c-]1cccc2c1Cc1ccccc1-2. The van der Waals surface area contributed by atoms with Gasteiger partial charge in [-0.15, -0.1) is 81.2 Å². The van der Waals surface area contributed by atoms with Crippen molar-refractivity contribution in [1.29, 1.82) is 0 Å². The number of halogens is 2. The average Bonchev–Trinajstić information content (AvgIpc) is 3.89. The second kappa shape index (κ2) is 19.5. The van der Waals surface area contributed by atoms with Crippen LogP contribution in [0.15, 0.2) is 158 Å². The van der Waals surface area contributed by atoms with Crippen molar-refractivity contribution in [2.45, 2.75) is 26.7 Å². The Kier molecular flexibility index (Phi) is 16.1. The predicted octanol–water partition coefficient (Wildman–Crippen LogP) is 5.85. The maximum absolute atomic E-state index is 3.30. The standard InChI is InChI=1S/2C13H9.2C10H9.2ClH.2Zr/c2*1-3-7-12-10(5-1)9-11-6-2-4-8-13(11)12;2*1-8-6-7-9-4-2-3-5-10(8)9;;;;/h2*1-5,7-8H,9H2;2*2-7H,1H3;2*1H;;/q4*-1;;;2*+2/p-2. The molecule has 0 spiro atoms. The first-order valence-corrected chi connectivity index (χ1v) is 16.0. The molecule has 0 heterocycles. The zero-order valence-electron chi connectivity index (χ0n) is 28.2. The minimum Gasteiger partial charge on any atom is -1.00 e. The van der Waals surface area contributed by atoms with Crippen molar-refractivity contribution in [3.05, 3.63) is 203 Å². The monoisotopic (exact) mass is 838 g/mol. The number of benzene rings is 6. The molecule has 50 heavy (non-hydrogen) atoms. The summed E-state index contributed by atoms with van der Waals surface area (Å²) in [6, 6.07) is 61.7. The molecule has 2 aliphatic carbocycles. The Morgan fingerprint density at radius 1 is 0.440 bits per heavy atom. The van der Waals surface area contributed by atoms with Gasteiger partial charge in [0, 0.05) is 0 Å². The molecular formula is C46H36Cl2Zr2-2. The fourth-order valence-electron chi connectivity index (χ4n) is 6.61. The van der Waals surface area contributed by atoms with E-state index >= 15 is 0 Å². The van der Waals surface area contributed by atoms with E-state index in [1.54, 1.807) is 0 Å². The molecule has 0 fully saturated rings. The molecule has 4 heteroatoms. The summed E-state index contributed by atoms with van der Waals surface area (Å²) in [5, 5.41) is 5.45. The van der Waals surface area contributed by atoms with E-state index in [9.17, 15) is 0 Å². The van der Waals surface area contributed by atoms with Gasteiger partial charge in [0.2, 0.25) is 0 Å². The van der Waals surface area contributed by atoms with Crippen molar-refractivity contribution in [2.75, 3.05) is 0 Å². The first-order valence-electron chi connectivity index (χ1n) is 16.0. The molecular weight excluding hydrogens is 806 g/mol. The van der Waals surface area contributed by atoms with Gasteiger partial charge in [0.05, 0.1) is 0 Å². The van der Waals surface area contributed by atoms with Crippen molar-refractivity contribution in [3.8, 4) is 22.3 Å². The van der Waals surface area contributed by atoms with Crippen LogP contribution in [0.3, 0.4) is 0 Å². The fourth-order valence-corrected chi connectivity index (χ4v) is 6.61. The van der Waals surface area contributed by atoms with Gasteiger partial charge in [0.1, 0.15) is 0 Å². The molecule has 8 aromatic rings. The van der Waals surface area contributed by atoms with Gasteiger partial charge in [0.15, 0.2) is 0 Å². The molecule has 8 aromatic carbocycles. The van der Waals surface area contributed by atoms with E-state index in [1.165, 1.54) is 77.2 Å². The summed E-state index contributed by atoms with van der Waals surface area (Å²) < 4.78 is 0. The normalized spacial score (nSPS) is 10.6. The molecule has 0 bridgehead atoms. The van der Waals surface area contributed by atoms with Crippen molar-refractivity contribution < 1.29 is 77.2 Å². The zero-order chi connectivity index (χ0) is 31.3. The third kappa shape index (κ3) is 9.21. The summed E-state index contributed by atoms with van der Waals surface area (Å²) in [6.07, 6.45) is 2.10. The Morgan fingerprint density at radius 3 is 1.22 bits per heavy atom. The number of rotatable bonds is 0. The topological polar surface area (TPSA) is 0 Å². The summed E-state index contributed by atoms with van der Waals surface area (Å²) in [4.78, 5) is 0. The predicted molar refractivity (Wildman–Crippen MR) is 196 cm³/mol. The first-order chi connectivity index (χ1) is 22.7. The molecule has 0 saturated heterocycles. The summed E-state index contributed by atoms with van der Waals surface area (Å²) in [7, 11) is 0. The van der Waals surface area contributed by atoms with Crippen molar-refractivity contribution in [1.82, 2.24) is 0 Å². The Bertz CT molecular complexity index is 2010. The van der Waals surface area contributed by atoms with E-state index in [2.05, 4.69) is 172 Å². The van der Waals surface area contributed by atoms with Crippen LogP contribution in [0, 0.1) is 26.0 Å². The van der Waals surface area contributed by atoms with E-state index in [-0.39, 0.29) is 77.2 Å². The quantitative estimate of drug-likeness (QED) is 0.168. The third-order valence-corrected chi connectivity index (χ3v) is 9.03. The van der Waals surface area contributed by atoms with Crippen molar-refractivity contribution in [2.24, 2.45) is 0 Å². The molecule has 0 amide bonds. The van der Waals surface area contributed by atoms with E-state index < -0.39 is 0 Å². The van der Waals surface area contributed by atoms with Gasteiger partial charge < -0.3 is 24.8 Å². The Morgan fingerprint density at radius 2 is 0.800 bits per heavy atom. The third-order valence-electron chi connectivity index (χ3n) is 9.03. The van der Waals surface area contributed by atoms with Crippen LogP contribution in [0.1, 0.15) is 33.4 Å². The second-order valence-corrected chi connectivity index (χ2v) is 12.0. The van der Waals surface area contributed by atoms with Gasteiger partial charge in [-0.25, -0.2) is 0 Å². The largest absolute Gasteiger partial charge is 2.00 e. The molecule has 0 aromatic heterocycles. The van der Waals surface area contributed by atoms with Gasteiger partial charge in [-0.05, 0) is 12.8 Å². The van der Waals surface area contributed by atoms with Crippen LogP contribution < -0.4 is 24.8 Å². The first kappa shape index (κ1) is 41.3. The second-order valence-electron chi connectivity index (χ2n) is 12.0. The van der Waals surface area contributed by atoms with Gasteiger partial charge in [-0.1, -0.05) is 96.8 Å². The maximum atomic E-state index is 3.30. The van der Waals surface area contributed by atoms with Crippen molar-refractivity contribution in [3.63, 3.8) is 0 Å². The van der Waals surface area contributed by atoms with Crippen LogP contribution in [0.25, 0.3) is 43.8 Å². The number of hydrogen-bond donors (Lipinski definition) is 0. The van der Waals surface area contributed by atoms with E-state index in [4.69, 9.17) is 0 Å². The number of aryl methyl sites for hydroxylation is 2. The minimum atomic E-state index is 0. The Balaban J connectivity index is 0.000000177. The van der Waals surface area contributed by atoms with Crippen LogP contribution in [0.2, 0.25) is 0 Å². The van der Waals surface area contributed by atoms with Gasteiger partial charge in [-0.3, -0.25) is 0 Å². The molecule has 0 saturated carbocycles. The number of fused-ring (bicyclic) bond motifs is 8. The Hall–Kier alpha value is -3.11. The summed E-state index contributed by atoms with van der Waals surface area (Å²) in [5.74, 6) is 0. The van der Waals surface area contributed by atoms with E-state index in [1.807, 2.05) is 12.1 Å². The molecule has 0 atom stereocenters. The molecule has 0 aliphatic heterocycles. The van der Waals surface area contributed by atoms with Crippen LogP contribution in [-0.2, 0) is 65.2 Å². The molecule has 244 valence electrons. The number of hydrogen-bond acceptors (Lipinski definition) is 0. The average molecular weight is 842 g/mol. The molecule has 0 unspecified atom stereocenters. The Labute approximate surface area is 347 Å². The van der Waals surface area contributed by atoms with E-state index in [0.29, 0.717) is 0 Å². The van der Waals surface area contributed by atoms with Gasteiger partial charge in [-0.2, -0.15) is 82.9 Å². The van der Waals surface area contributed by atoms with E-state index in [0.717, 1.165) is 12.8 Å².